The van der Waals surface area contributed by atoms with Crippen LogP contribution < -0.4 is 4.72 Å². The molecule has 0 saturated heterocycles. The van der Waals surface area contributed by atoms with Crippen LogP contribution in [0.4, 0.5) is 5.13 Å². The van der Waals surface area contributed by atoms with Crippen LogP contribution in [0, 0.1) is 0 Å². The number of rotatable bonds is 8. The highest BCUT2D eigenvalue weighted by molar-refractivity contribution is 7.90. The number of nitrogens with one attached hydrogen (secondary N) is 1. The Morgan fingerprint density at radius 3 is 2.76 bits per heavy atom. The zero-order valence-corrected chi connectivity index (χ0v) is 14.3. The smallest absolute Gasteiger partial charge is 0.305 e. The molecule has 0 aromatic carbocycles. The largest absolute Gasteiger partial charge is 0.469 e. The molecule has 0 aliphatic rings. The van der Waals surface area contributed by atoms with E-state index in [0.717, 1.165) is 5.69 Å². The molecule has 0 fully saturated rings. The summed E-state index contributed by atoms with van der Waals surface area (Å²) in [6.07, 6.45) is 1.55. The van der Waals surface area contributed by atoms with Gasteiger partial charge in [-0.1, -0.05) is 0 Å². The van der Waals surface area contributed by atoms with Crippen molar-refractivity contribution in [3.63, 3.8) is 0 Å². The van der Waals surface area contributed by atoms with Crippen LogP contribution in [0.2, 0.25) is 0 Å². The Labute approximate surface area is 129 Å². The Morgan fingerprint density at radius 1 is 1.52 bits per heavy atom. The number of thiazole rings is 1. The summed E-state index contributed by atoms with van der Waals surface area (Å²) in [4.78, 5) is 15.2. The molecule has 1 heterocycles. The number of methoxy groups -OCH3 is 1. The minimum Gasteiger partial charge on any atom is -0.469 e. The Balaban J connectivity index is 2.58. The van der Waals surface area contributed by atoms with E-state index in [1.807, 2.05) is 0 Å². The van der Waals surface area contributed by atoms with E-state index in [-0.39, 0.29) is 12.0 Å². The number of hydrogen-bond acceptors (Lipinski definition) is 6. The fourth-order valence-electron chi connectivity index (χ4n) is 1.44. The van der Waals surface area contributed by atoms with Crippen LogP contribution >= 0.6 is 11.3 Å². The molecule has 1 aromatic rings. The molecule has 0 radical (unpaired) electrons. The van der Waals surface area contributed by atoms with Crippen LogP contribution in [0.1, 0.15) is 32.4 Å². The van der Waals surface area contributed by atoms with E-state index in [4.69, 9.17) is 0 Å². The zero-order chi connectivity index (χ0) is 16.0. The summed E-state index contributed by atoms with van der Waals surface area (Å²) in [6.45, 7) is 3.58. The van der Waals surface area contributed by atoms with Crippen molar-refractivity contribution in [2.75, 3.05) is 18.9 Å². The highest BCUT2D eigenvalue weighted by atomic mass is 32.2. The van der Waals surface area contributed by atoms with Gasteiger partial charge in [0, 0.05) is 24.9 Å². The third kappa shape index (κ3) is 5.60. The Bertz CT molecular complexity index is 569. The monoisotopic (exact) mass is 335 g/mol. The maximum Gasteiger partial charge on any atom is 0.305 e. The first-order chi connectivity index (χ1) is 9.76. The Kier molecular flexibility index (Phi) is 6.56. The SMILES string of the molecule is COC(=O)CCCc1csc(NS(=O)(=O)N(C)C(C)C)n1. The summed E-state index contributed by atoms with van der Waals surface area (Å²) in [5.41, 5.74) is 0.758. The molecule has 0 aliphatic carbocycles. The first-order valence-electron chi connectivity index (χ1n) is 6.53. The molecule has 7 nitrogen and oxygen atoms in total. The average Bonchev–Trinajstić information content (AvgIpc) is 2.84. The van der Waals surface area contributed by atoms with Crippen LogP contribution in [0.25, 0.3) is 0 Å². The fraction of sp³-hybridized carbons (Fsp3) is 0.667. The van der Waals surface area contributed by atoms with Gasteiger partial charge in [-0.15, -0.1) is 11.3 Å². The van der Waals surface area contributed by atoms with E-state index in [9.17, 15) is 13.2 Å². The van der Waals surface area contributed by atoms with Crippen molar-refractivity contribution in [2.45, 2.75) is 39.2 Å². The molecule has 0 saturated carbocycles. The first-order valence-corrected chi connectivity index (χ1v) is 8.85. The molecule has 1 aromatic heterocycles. The van der Waals surface area contributed by atoms with Gasteiger partial charge in [0.15, 0.2) is 5.13 Å². The number of hydrogen-bond donors (Lipinski definition) is 1. The van der Waals surface area contributed by atoms with E-state index in [0.29, 0.717) is 24.4 Å². The van der Waals surface area contributed by atoms with E-state index in [1.54, 1.807) is 19.2 Å². The van der Waals surface area contributed by atoms with E-state index in [2.05, 4.69) is 14.4 Å². The van der Waals surface area contributed by atoms with Gasteiger partial charge in [-0.25, -0.2) is 9.71 Å². The van der Waals surface area contributed by atoms with Crippen LogP contribution in [0.15, 0.2) is 5.38 Å². The first kappa shape index (κ1) is 17.9. The number of carbonyl (C=O) groups excluding carboxylic acids is 1. The standard InChI is InChI=1S/C12H21N3O4S2/c1-9(2)15(3)21(17,18)14-12-13-10(8-20-12)6-5-7-11(16)19-4/h8-9H,5-7H2,1-4H3,(H,13,14). The lowest BCUT2D eigenvalue weighted by atomic mass is 10.2. The predicted molar refractivity (Wildman–Crippen MR) is 82.5 cm³/mol. The van der Waals surface area contributed by atoms with Crippen molar-refractivity contribution in [3.05, 3.63) is 11.1 Å². The van der Waals surface area contributed by atoms with Crippen molar-refractivity contribution >= 4 is 32.6 Å². The molecular weight excluding hydrogens is 314 g/mol. The Morgan fingerprint density at radius 2 is 2.19 bits per heavy atom. The predicted octanol–water partition coefficient (Wildman–Crippen LogP) is 1.64. The van der Waals surface area contributed by atoms with Crippen molar-refractivity contribution < 1.29 is 17.9 Å². The molecular formula is C12H21N3O4S2. The molecule has 0 amide bonds. The second kappa shape index (κ2) is 7.71. The normalized spacial score (nSPS) is 11.9. The van der Waals surface area contributed by atoms with Gasteiger partial charge >= 0.3 is 16.2 Å². The lowest BCUT2D eigenvalue weighted by Crippen LogP contribution is -2.37. The van der Waals surface area contributed by atoms with Gasteiger partial charge in [0.1, 0.15) is 0 Å². The molecule has 0 spiro atoms. The molecule has 120 valence electrons. The van der Waals surface area contributed by atoms with Gasteiger partial charge in [0.2, 0.25) is 0 Å². The van der Waals surface area contributed by atoms with Crippen molar-refractivity contribution in [1.29, 1.82) is 0 Å². The van der Waals surface area contributed by atoms with Gasteiger partial charge in [0.25, 0.3) is 0 Å². The lowest BCUT2D eigenvalue weighted by Gasteiger charge is -2.20. The minimum absolute atomic E-state index is 0.137. The highest BCUT2D eigenvalue weighted by Gasteiger charge is 2.21. The van der Waals surface area contributed by atoms with E-state index >= 15 is 0 Å². The molecule has 1 rings (SSSR count). The highest BCUT2D eigenvalue weighted by Crippen LogP contribution is 2.19. The molecule has 0 bridgehead atoms. The van der Waals surface area contributed by atoms with Gasteiger partial charge < -0.3 is 4.74 Å². The third-order valence-electron chi connectivity index (χ3n) is 2.92. The second-order valence-electron chi connectivity index (χ2n) is 4.79. The number of aryl methyl sites for hydroxylation is 1. The summed E-state index contributed by atoms with van der Waals surface area (Å²) < 4.78 is 32.3. The lowest BCUT2D eigenvalue weighted by molar-refractivity contribution is -0.140. The number of aromatic nitrogens is 1. The zero-order valence-electron chi connectivity index (χ0n) is 12.6. The van der Waals surface area contributed by atoms with Crippen molar-refractivity contribution in [1.82, 2.24) is 9.29 Å². The molecule has 1 N–H and O–H groups in total. The van der Waals surface area contributed by atoms with Crippen LogP contribution in [-0.4, -0.2) is 43.9 Å². The van der Waals surface area contributed by atoms with Gasteiger partial charge in [-0.2, -0.15) is 12.7 Å². The average molecular weight is 335 g/mol. The van der Waals surface area contributed by atoms with E-state index in [1.165, 1.54) is 29.8 Å². The number of esters is 1. The number of nitrogens with zero attached hydrogens (tertiary/aromatic N) is 2. The second-order valence-corrected chi connectivity index (χ2v) is 7.38. The molecule has 9 heteroatoms. The fourth-order valence-corrected chi connectivity index (χ4v) is 3.51. The quantitative estimate of drug-likeness (QED) is 0.730. The van der Waals surface area contributed by atoms with E-state index < -0.39 is 10.2 Å². The van der Waals surface area contributed by atoms with Crippen LogP contribution in [0.5, 0.6) is 0 Å². The number of anilines is 1. The number of carbonyl (C=O) groups is 1. The van der Waals surface area contributed by atoms with Crippen molar-refractivity contribution in [2.24, 2.45) is 0 Å². The maximum absolute atomic E-state index is 12.0. The maximum atomic E-state index is 12.0. The van der Waals surface area contributed by atoms with Crippen LogP contribution in [0.3, 0.4) is 0 Å². The summed E-state index contributed by atoms with van der Waals surface area (Å²) in [5, 5.41) is 2.11. The molecule has 0 unspecified atom stereocenters. The molecule has 0 atom stereocenters. The minimum atomic E-state index is -3.58. The topological polar surface area (TPSA) is 88.6 Å². The third-order valence-corrected chi connectivity index (χ3v) is 5.48. The van der Waals surface area contributed by atoms with Crippen LogP contribution in [-0.2, 0) is 26.2 Å². The molecule has 0 aliphatic heterocycles. The molecule has 21 heavy (non-hydrogen) atoms. The number of ether oxygens (including phenoxy) is 1. The summed E-state index contributed by atoms with van der Waals surface area (Å²) in [6, 6.07) is -0.137. The Hall–Kier alpha value is -1.19. The summed E-state index contributed by atoms with van der Waals surface area (Å²) in [7, 11) is -0.718. The summed E-state index contributed by atoms with van der Waals surface area (Å²) >= 11 is 1.23. The van der Waals surface area contributed by atoms with Crippen molar-refractivity contribution in [3.8, 4) is 0 Å². The van der Waals surface area contributed by atoms with Gasteiger partial charge in [-0.3, -0.25) is 4.79 Å². The summed E-state index contributed by atoms with van der Waals surface area (Å²) in [5.74, 6) is -0.260. The van der Waals surface area contributed by atoms with Gasteiger partial charge in [-0.05, 0) is 26.7 Å². The van der Waals surface area contributed by atoms with Gasteiger partial charge in [0.05, 0.1) is 12.8 Å².